The number of nitrogens with zero attached hydrogens (tertiary/aromatic N) is 1. The van der Waals surface area contributed by atoms with E-state index in [1.54, 1.807) is 24.3 Å². The molecular formula is C30H24N4O2. The van der Waals surface area contributed by atoms with Gasteiger partial charge in [0.25, 0.3) is 5.91 Å². The second-order valence-corrected chi connectivity index (χ2v) is 9.00. The number of ether oxygens (including phenoxy) is 1. The van der Waals surface area contributed by atoms with Crippen LogP contribution in [-0.2, 0) is 0 Å². The Morgan fingerprint density at radius 2 is 1.64 bits per heavy atom. The number of hydrogen-bond donors (Lipinski definition) is 3. The van der Waals surface area contributed by atoms with Crippen LogP contribution in [0.25, 0.3) is 32.7 Å². The molecule has 2 aromatic heterocycles. The van der Waals surface area contributed by atoms with E-state index in [-0.39, 0.29) is 5.91 Å². The molecule has 0 bridgehead atoms. The normalized spacial score (nSPS) is 11.3. The van der Waals surface area contributed by atoms with Crippen molar-refractivity contribution in [1.29, 1.82) is 0 Å². The fraction of sp³-hybridized carbons (Fsp3) is 0.0667. The van der Waals surface area contributed by atoms with E-state index in [0.717, 1.165) is 43.8 Å². The van der Waals surface area contributed by atoms with Crippen molar-refractivity contribution in [2.75, 3.05) is 11.1 Å². The number of para-hydroxylation sites is 2. The highest BCUT2D eigenvalue weighted by molar-refractivity contribution is 6.18. The highest BCUT2D eigenvalue weighted by atomic mass is 16.5. The Labute approximate surface area is 207 Å². The fourth-order valence-corrected chi connectivity index (χ4v) is 4.57. The summed E-state index contributed by atoms with van der Waals surface area (Å²) in [5.41, 5.74) is 12.3. The molecule has 6 aromatic rings. The molecule has 6 nitrogen and oxygen atoms in total. The van der Waals surface area contributed by atoms with Crippen molar-refractivity contribution < 1.29 is 9.53 Å². The monoisotopic (exact) mass is 472 g/mol. The molecule has 1 amide bonds. The van der Waals surface area contributed by atoms with Crippen LogP contribution >= 0.6 is 0 Å². The second-order valence-electron chi connectivity index (χ2n) is 9.00. The number of aromatic amines is 1. The Bertz CT molecular complexity index is 1800. The number of nitrogen functional groups attached to an aromatic ring is 1. The number of rotatable bonds is 4. The molecule has 0 aliphatic heterocycles. The van der Waals surface area contributed by atoms with Crippen LogP contribution in [0, 0.1) is 13.8 Å². The summed E-state index contributed by atoms with van der Waals surface area (Å²) in [7, 11) is 0. The largest absolute Gasteiger partial charge is 0.436 e. The van der Waals surface area contributed by atoms with Crippen LogP contribution in [-0.4, -0.2) is 15.9 Å². The van der Waals surface area contributed by atoms with Crippen molar-refractivity contribution in [2.24, 2.45) is 0 Å². The van der Waals surface area contributed by atoms with Gasteiger partial charge in [-0.1, -0.05) is 48.0 Å². The van der Waals surface area contributed by atoms with Crippen molar-refractivity contribution >= 4 is 50.0 Å². The van der Waals surface area contributed by atoms with Gasteiger partial charge in [0, 0.05) is 22.0 Å². The van der Waals surface area contributed by atoms with E-state index < -0.39 is 0 Å². The van der Waals surface area contributed by atoms with Gasteiger partial charge in [0.15, 0.2) is 5.75 Å². The minimum absolute atomic E-state index is 0.305. The van der Waals surface area contributed by atoms with Crippen molar-refractivity contribution in [2.45, 2.75) is 13.8 Å². The minimum atomic E-state index is -0.305. The Morgan fingerprint density at radius 1 is 0.889 bits per heavy atom. The summed E-state index contributed by atoms with van der Waals surface area (Å²) in [6.45, 7) is 4.04. The highest BCUT2D eigenvalue weighted by Crippen LogP contribution is 2.40. The van der Waals surface area contributed by atoms with E-state index in [1.165, 1.54) is 0 Å². The predicted octanol–water partition coefficient (Wildman–Crippen LogP) is 7.11. The van der Waals surface area contributed by atoms with Crippen LogP contribution in [0.1, 0.15) is 21.5 Å². The summed E-state index contributed by atoms with van der Waals surface area (Å²) in [5, 5.41) is 5.92. The molecule has 6 rings (SSSR count). The van der Waals surface area contributed by atoms with E-state index >= 15 is 0 Å². The number of anilines is 2. The van der Waals surface area contributed by atoms with Gasteiger partial charge in [0.1, 0.15) is 0 Å². The maximum absolute atomic E-state index is 13.0. The summed E-state index contributed by atoms with van der Waals surface area (Å²) in [6.07, 6.45) is 0. The molecule has 0 saturated carbocycles. The number of pyridine rings is 1. The van der Waals surface area contributed by atoms with Gasteiger partial charge in [-0.15, -0.1) is 0 Å². The number of H-pyrrole nitrogens is 1. The number of benzene rings is 4. The number of nitrogens with two attached hydrogens (primary N) is 1. The third-order valence-electron chi connectivity index (χ3n) is 6.36. The number of carbonyl (C=O) groups is 1. The van der Waals surface area contributed by atoms with Crippen LogP contribution < -0.4 is 15.8 Å². The van der Waals surface area contributed by atoms with Gasteiger partial charge >= 0.3 is 0 Å². The van der Waals surface area contributed by atoms with E-state index in [2.05, 4.69) is 41.5 Å². The lowest BCUT2D eigenvalue weighted by Crippen LogP contribution is -2.14. The zero-order chi connectivity index (χ0) is 24.8. The molecule has 0 aliphatic carbocycles. The van der Waals surface area contributed by atoms with Gasteiger partial charge in [-0.2, -0.15) is 0 Å². The van der Waals surface area contributed by atoms with Gasteiger partial charge < -0.3 is 20.8 Å². The first-order valence-corrected chi connectivity index (χ1v) is 11.7. The zero-order valence-electron chi connectivity index (χ0n) is 19.9. The minimum Gasteiger partial charge on any atom is -0.436 e. The molecule has 36 heavy (non-hydrogen) atoms. The van der Waals surface area contributed by atoms with Crippen molar-refractivity contribution in [3.8, 4) is 11.6 Å². The fourth-order valence-electron chi connectivity index (χ4n) is 4.57. The molecule has 6 heteroatoms. The first-order valence-electron chi connectivity index (χ1n) is 11.7. The van der Waals surface area contributed by atoms with Crippen LogP contribution in [0.3, 0.4) is 0 Å². The quantitative estimate of drug-likeness (QED) is 0.238. The molecule has 0 aliphatic rings. The molecule has 4 aromatic carbocycles. The zero-order valence-corrected chi connectivity index (χ0v) is 19.9. The lowest BCUT2D eigenvalue weighted by molar-refractivity contribution is 0.102. The summed E-state index contributed by atoms with van der Waals surface area (Å²) in [6, 6.07) is 26.9. The molecule has 0 unspecified atom stereocenters. The maximum atomic E-state index is 13.0. The van der Waals surface area contributed by atoms with Gasteiger partial charge in [0.05, 0.1) is 27.7 Å². The lowest BCUT2D eigenvalue weighted by Gasteiger charge is -2.15. The molecular weight excluding hydrogens is 448 g/mol. The molecule has 0 saturated heterocycles. The summed E-state index contributed by atoms with van der Waals surface area (Å²) in [4.78, 5) is 21.5. The Kier molecular flexibility index (Phi) is 5.08. The number of aryl methyl sites for hydroxylation is 2. The average Bonchev–Trinajstić information content (AvgIpc) is 3.25. The first-order chi connectivity index (χ1) is 17.5. The third kappa shape index (κ3) is 3.69. The number of fused-ring (bicyclic) bond motifs is 5. The third-order valence-corrected chi connectivity index (χ3v) is 6.36. The molecule has 0 spiro atoms. The SMILES string of the molecule is Cc1ccc(NC(=O)c2ccccc2N)c(Oc2nc3ccccc3c3[nH]c4ccc(C)cc4c23)c1. The standard InChI is InChI=1S/C30H24N4O2/c1-17-11-13-24-21(15-17)27-28(32-24)20-8-4-6-10-23(20)34-30(27)36-26-16-18(2)12-14-25(26)33-29(35)19-7-3-5-9-22(19)31/h3-16,32H,31H2,1-2H3,(H,33,35). The number of carbonyl (C=O) groups excluding carboxylic acids is 1. The van der Waals surface area contributed by atoms with E-state index in [4.69, 9.17) is 15.5 Å². The molecule has 0 radical (unpaired) electrons. The smallest absolute Gasteiger partial charge is 0.257 e. The Balaban J connectivity index is 1.51. The summed E-state index contributed by atoms with van der Waals surface area (Å²) < 4.78 is 6.51. The topological polar surface area (TPSA) is 93.0 Å². The summed E-state index contributed by atoms with van der Waals surface area (Å²) >= 11 is 0. The number of amides is 1. The van der Waals surface area contributed by atoms with Gasteiger partial charge in [-0.25, -0.2) is 4.98 Å². The van der Waals surface area contributed by atoms with Crippen molar-refractivity contribution in [1.82, 2.24) is 9.97 Å². The number of nitrogens with one attached hydrogen (secondary N) is 2. The highest BCUT2D eigenvalue weighted by Gasteiger charge is 2.19. The first kappa shape index (κ1) is 21.7. The van der Waals surface area contributed by atoms with E-state index in [0.29, 0.717) is 28.6 Å². The van der Waals surface area contributed by atoms with Crippen molar-refractivity contribution in [3.05, 3.63) is 102 Å². The van der Waals surface area contributed by atoms with Crippen LogP contribution in [0.2, 0.25) is 0 Å². The number of aromatic nitrogens is 2. The molecule has 2 heterocycles. The predicted molar refractivity (Wildman–Crippen MR) is 146 cm³/mol. The van der Waals surface area contributed by atoms with E-state index in [1.807, 2.05) is 43.3 Å². The lowest BCUT2D eigenvalue weighted by atomic mass is 10.1. The van der Waals surface area contributed by atoms with Crippen LogP contribution in [0.5, 0.6) is 11.6 Å². The van der Waals surface area contributed by atoms with Gasteiger partial charge in [-0.05, 0) is 61.9 Å². The molecule has 4 N–H and O–H groups in total. The van der Waals surface area contributed by atoms with Gasteiger partial charge in [0.2, 0.25) is 5.88 Å². The molecule has 176 valence electrons. The maximum Gasteiger partial charge on any atom is 0.257 e. The molecule has 0 atom stereocenters. The second kappa shape index (κ2) is 8.43. The van der Waals surface area contributed by atoms with Crippen LogP contribution in [0.4, 0.5) is 11.4 Å². The van der Waals surface area contributed by atoms with Crippen LogP contribution in [0.15, 0.2) is 84.9 Å². The summed E-state index contributed by atoms with van der Waals surface area (Å²) in [5.74, 6) is 0.672. The van der Waals surface area contributed by atoms with Gasteiger partial charge in [-0.3, -0.25) is 4.79 Å². The molecule has 0 fully saturated rings. The Hall–Kier alpha value is -4.84. The Morgan fingerprint density at radius 3 is 2.50 bits per heavy atom. The average molecular weight is 473 g/mol. The number of hydrogen-bond acceptors (Lipinski definition) is 4. The van der Waals surface area contributed by atoms with E-state index in [9.17, 15) is 4.79 Å². The van der Waals surface area contributed by atoms with Crippen molar-refractivity contribution in [3.63, 3.8) is 0 Å².